The number of hydrogen-bond donors (Lipinski definition) is 1. The van der Waals surface area contributed by atoms with E-state index in [0.29, 0.717) is 12.1 Å². The van der Waals surface area contributed by atoms with Gasteiger partial charge in [-0.1, -0.05) is 6.07 Å². The minimum atomic E-state index is 0.163. The average Bonchev–Trinajstić information content (AvgIpc) is 2.67. The first-order valence-corrected chi connectivity index (χ1v) is 6.01. The molecule has 2 aromatic rings. The third kappa shape index (κ3) is 2.10. The minimum Gasteiger partial charge on any atom is -0.396 e. The first-order chi connectivity index (χ1) is 7.86. The van der Waals surface area contributed by atoms with Crippen LogP contribution in [-0.2, 0) is 0 Å². The van der Waals surface area contributed by atoms with E-state index in [9.17, 15) is 4.79 Å². The highest BCUT2D eigenvalue weighted by Crippen LogP contribution is 2.22. The van der Waals surface area contributed by atoms with Crippen LogP contribution in [0.5, 0.6) is 0 Å². The predicted molar refractivity (Wildman–Crippen MR) is 63.0 cm³/mol. The minimum absolute atomic E-state index is 0.163. The lowest BCUT2D eigenvalue weighted by Gasteiger charge is -1.96. The van der Waals surface area contributed by atoms with Crippen molar-refractivity contribution in [2.45, 2.75) is 11.4 Å². The highest BCUT2D eigenvalue weighted by molar-refractivity contribution is 7.99. The monoisotopic (exact) mass is 236 g/mol. The fourth-order valence-electron chi connectivity index (χ4n) is 1.44. The van der Waals surface area contributed by atoms with Gasteiger partial charge in [0.2, 0.25) is 0 Å². The van der Waals surface area contributed by atoms with E-state index in [2.05, 4.69) is 4.98 Å². The number of aromatic nitrogens is 2. The van der Waals surface area contributed by atoms with Crippen molar-refractivity contribution in [3.63, 3.8) is 0 Å². The smallest absolute Gasteiger partial charge is 0.169 e. The molecule has 1 N–H and O–H groups in total. The zero-order valence-electron chi connectivity index (χ0n) is 8.67. The molecule has 2 aromatic heterocycles. The molecule has 84 valence electrons. The van der Waals surface area contributed by atoms with Crippen LogP contribution in [0.1, 0.15) is 16.9 Å². The van der Waals surface area contributed by atoms with Gasteiger partial charge in [-0.15, -0.1) is 11.8 Å². The van der Waals surface area contributed by atoms with Crippen molar-refractivity contribution in [1.29, 1.82) is 0 Å². The maximum Gasteiger partial charge on any atom is 0.169 e. The molecular formula is C11H12N2O2S. The van der Waals surface area contributed by atoms with Gasteiger partial charge in [0, 0.05) is 18.6 Å². The molecule has 0 aromatic carbocycles. The number of thioether (sulfide) groups is 1. The van der Waals surface area contributed by atoms with E-state index >= 15 is 0 Å². The third-order valence-electron chi connectivity index (χ3n) is 2.19. The van der Waals surface area contributed by atoms with E-state index in [1.807, 2.05) is 24.4 Å². The summed E-state index contributed by atoms with van der Waals surface area (Å²) in [5, 5.41) is 9.43. The largest absolute Gasteiger partial charge is 0.396 e. The van der Waals surface area contributed by atoms with Gasteiger partial charge in [0.15, 0.2) is 6.29 Å². The molecule has 0 bridgehead atoms. The Bertz CT molecular complexity index is 496. The van der Waals surface area contributed by atoms with E-state index in [1.165, 1.54) is 11.8 Å². The Morgan fingerprint density at radius 2 is 2.38 bits per heavy atom. The number of hydrogen-bond acceptors (Lipinski definition) is 4. The van der Waals surface area contributed by atoms with Crippen molar-refractivity contribution in [3.8, 4) is 0 Å². The molecule has 0 unspecified atom stereocenters. The van der Waals surface area contributed by atoms with Crippen LogP contribution < -0.4 is 0 Å². The molecule has 16 heavy (non-hydrogen) atoms. The molecule has 0 amide bonds. The fraction of sp³-hybridized carbons (Fsp3) is 0.273. The normalized spacial score (nSPS) is 10.8. The molecule has 2 rings (SSSR count). The summed E-state index contributed by atoms with van der Waals surface area (Å²) >= 11 is 1.50. The topological polar surface area (TPSA) is 54.6 Å². The zero-order valence-corrected chi connectivity index (χ0v) is 9.48. The van der Waals surface area contributed by atoms with Crippen LogP contribution in [0, 0.1) is 0 Å². The van der Waals surface area contributed by atoms with Crippen molar-refractivity contribution >= 4 is 23.7 Å². The van der Waals surface area contributed by atoms with E-state index in [4.69, 9.17) is 5.11 Å². The molecule has 0 atom stereocenters. The summed E-state index contributed by atoms with van der Waals surface area (Å²) in [4.78, 5) is 15.4. The lowest BCUT2D eigenvalue weighted by molar-refractivity contribution is 0.111. The van der Waals surface area contributed by atoms with E-state index in [1.54, 1.807) is 4.40 Å². The van der Waals surface area contributed by atoms with Crippen LogP contribution in [-0.4, -0.2) is 33.1 Å². The van der Waals surface area contributed by atoms with Gasteiger partial charge in [-0.3, -0.25) is 9.20 Å². The Balaban J connectivity index is 2.33. The molecule has 0 aliphatic carbocycles. The SMILES string of the molecule is O=Cc1c(SCCCO)nc2ccccn12. The molecule has 0 saturated carbocycles. The molecule has 0 spiro atoms. The van der Waals surface area contributed by atoms with Crippen molar-refractivity contribution in [3.05, 3.63) is 30.1 Å². The highest BCUT2D eigenvalue weighted by Gasteiger charge is 2.10. The Labute approximate surface area is 97.3 Å². The van der Waals surface area contributed by atoms with Crippen molar-refractivity contribution in [1.82, 2.24) is 9.38 Å². The average molecular weight is 236 g/mol. The molecule has 0 aliphatic heterocycles. The summed E-state index contributed by atoms with van der Waals surface area (Å²) in [7, 11) is 0. The fourth-order valence-corrected chi connectivity index (χ4v) is 2.36. The lowest BCUT2D eigenvalue weighted by Crippen LogP contribution is -1.92. The second kappa shape index (κ2) is 5.14. The van der Waals surface area contributed by atoms with Crippen LogP contribution in [0.4, 0.5) is 0 Å². The Morgan fingerprint density at radius 3 is 3.12 bits per heavy atom. The van der Waals surface area contributed by atoms with Crippen molar-refractivity contribution in [2.75, 3.05) is 12.4 Å². The summed E-state index contributed by atoms with van der Waals surface area (Å²) in [6.45, 7) is 0.163. The standard InChI is InChI=1S/C11H12N2O2S/c14-6-3-7-16-11-9(8-15)13-5-2-1-4-10(13)12-11/h1-2,4-5,8,14H,3,6-7H2. The zero-order chi connectivity index (χ0) is 11.4. The number of aliphatic hydroxyl groups is 1. The maximum atomic E-state index is 11.0. The molecule has 0 saturated heterocycles. The van der Waals surface area contributed by atoms with Gasteiger partial charge in [-0.2, -0.15) is 0 Å². The molecule has 0 aliphatic rings. The van der Waals surface area contributed by atoms with Crippen LogP contribution in [0.15, 0.2) is 29.4 Å². The van der Waals surface area contributed by atoms with Gasteiger partial charge in [0.05, 0.1) is 0 Å². The summed E-state index contributed by atoms with van der Waals surface area (Å²) in [5.41, 5.74) is 1.36. The van der Waals surface area contributed by atoms with E-state index in [0.717, 1.165) is 22.7 Å². The van der Waals surface area contributed by atoms with Gasteiger partial charge in [-0.25, -0.2) is 4.98 Å². The number of aldehydes is 1. The molecule has 4 nitrogen and oxygen atoms in total. The summed E-state index contributed by atoms with van der Waals surface area (Å²) in [6, 6.07) is 5.62. The number of rotatable bonds is 5. The highest BCUT2D eigenvalue weighted by atomic mass is 32.2. The van der Waals surface area contributed by atoms with Crippen molar-refractivity contribution < 1.29 is 9.90 Å². The molecule has 2 heterocycles. The Hall–Kier alpha value is -1.33. The van der Waals surface area contributed by atoms with E-state index < -0.39 is 0 Å². The first-order valence-electron chi connectivity index (χ1n) is 5.02. The maximum absolute atomic E-state index is 11.0. The van der Waals surface area contributed by atoms with Crippen LogP contribution in [0.2, 0.25) is 0 Å². The number of pyridine rings is 1. The van der Waals surface area contributed by atoms with Crippen LogP contribution in [0.25, 0.3) is 5.65 Å². The van der Waals surface area contributed by atoms with Gasteiger partial charge in [0.25, 0.3) is 0 Å². The van der Waals surface area contributed by atoms with Crippen LogP contribution in [0.3, 0.4) is 0 Å². The number of aliphatic hydroxyl groups excluding tert-OH is 1. The van der Waals surface area contributed by atoms with Crippen LogP contribution >= 0.6 is 11.8 Å². The second-order valence-electron chi connectivity index (χ2n) is 3.27. The lowest BCUT2D eigenvalue weighted by atomic mass is 10.4. The van der Waals surface area contributed by atoms with Gasteiger partial charge in [0.1, 0.15) is 16.4 Å². The molecule has 0 radical (unpaired) electrons. The Kier molecular flexibility index (Phi) is 3.58. The summed E-state index contributed by atoms with van der Waals surface area (Å²) in [5.74, 6) is 0.765. The summed E-state index contributed by atoms with van der Waals surface area (Å²) in [6.07, 6.45) is 3.35. The van der Waals surface area contributed by atoms with E-state index in [-0.39, 0.29) is 6.61 Å². The molecular weight excluding hydrogens is 224 g/mol. The quantitative estimate of drug-likeness (QED) is 0.487. The summed E-state index contributed by atoms with van der Waals surface area (Å²) < 4.78 is 1.77. The second-order valence-corrected chi connectivity index (χ2v) is 4.36. The predicted octanol–water partition coefficient (Wildman–Crippen LogP) is 1.62. The molecule has 0 fully saturated rings. The molecule has 5 heteroatoms. The number of carbonyl (C=O) groups excluding carboxylic acids is 1. The number of fused-ring (bicyclic) bond motifs is 1. The third-order valence-corrected chi connectivity index (χ3v) is 3.25. The van der Waals surface area contributed by atoms with Gasteiger partial charge >= 0.3 is 0 Å². The van der Waals surface area contributed by atoms with Gasteiger partial charge < -0.3 is 5.11 Å². The number of imidazole rings is 1. The van der Waals surface area contributed by atoms with Gasteiger partial charge in [-0.05, 0) is 18.6 Å². The Morgan fingerprint density at radius 1 is 1.50 bits per heavy atom. The first kappa shape index (κ1) is 11.2. The van der Waals surface area contributed by atoms with Crippen molar-refractivity contribution in [2.24, 2.45) is 0 Å². The number of carbonyl (C=O) groups is 1. The number of nitrogens with zero attached hydrogens (tertiary/aromatic N) is 2.